The minimum Gasteiger partial charge on any atom is -0.479 e. The van der Waals surface area contributed by atoms with E-state index in [9.17, 15) is 9.59 Å². The molecule has 1 unspecified atom stereocenters. The summed E-state index contributed by atoms with van der Waals surface area (Å²) < 4.78 is 0. The molecule has 5 heteroatoms. The maximum Gasteiger partial charge on any atom is 0.330 e. The van der Waals surface area contributed by atoms with Crippen LogP contribution in [0, 0.1) is 0 Å². The lowest BCUT2D eigenvalue weighted by atomic mass is 10.1. The second-order valence-corrected chi connectivity index (χ2v) is 4.27. The maximum absolute atomic E-state index is 11.6. The second kappa shape index (κ2) is 6.76. The molecule has 0 aliphatic rings. The third kappa shape index (κ3) is 4.55. The van der Waals surface area contributed by atoms with Crippen LogP contribution in [-0.2, 0) is 9.59 Å². The number of benzene rings is 1. The van der Waals surface area contributed by atoms with Gasteiger partial charge in [-0.05, 0) is 18.9 Å². The second-order valence-electron chi connectivity index (χ2n) is 4.27. The molecule has 1 aromatic carbocycles. The molecule has 0 aliphatic carbocycles. The quantitative estimate of drug-likeness (QED) is 0.703. The monoisotopic (exact) mass is 250 g/mol. The van der Waals surface area contributed by atoms with Crippen molar-refractivity contribution in [1.29, 1.82) is 0 Å². The molecule has 1 aromatic rings. The van der Waals surface area contributed by atoms with E-state index in [2.05, 4.69) is 5.32 Å². The number of amides is 1. The average Bonchev–Trinajstić information content (AvgIpc) is 2.34. The van der Waals surface area contributed by atoms with E-state index in [1.54, 1.807) is 37.3 Å². The molecule has 0 spiro atoms. The van der Waals surface area contributed by atoms with Gasteiger partial charge < -0.3 is 16.2 Å². The number of hydrogen-bond donors (Lipinski definition) is 3. The Morgan fingerprint density at radius 3 is 2.44 bits per heavy atom. The molecule has 5 nitrogen and oxygen atoms in total. The molecule has 0 heterocycles. The fourth-order valence-corrected chi connectivity index (χ4v) is 1.53. The summed E-state index contributed by atoms with van der Waals surface area (Å²) in [7, 11) is 0. The van der Waals surface area contributed by atoms with Crippen LogP contribution in [0.2, 0.25) is 0 Å². The van der Waals surface area contributed by atoms with Gasteiger partial charge in [0.05, 0.1) is 0 Å². The van der Waals surface area contributed by atoms with Crippen LogP contribution in [0.1, 0.15) is 31.4 Å². The Hall–Kier alpha value is -1.88. The van der Waals surface area contributed by atoms with Gasteiger partial charge >= 0.3 is 5.97 Å². The molecular formula is C13H18N2O3. The predicted molar refractivity (Wildman–Crippen MR) is 67.8 cm³/mol. The van der Waals surface area contributed by atoms with Crippen molar-refractivity contribution in [1.82, 2.24) is 5.32 Å². The zero-order valence-corrected chi connectivity index (χ0v) is 10.3. The number of nitrogens with one attached hydrogen (secondary N) is 1. The summed E-state index contributed by atoms with van der Waals surface area (Å²) in [5.41, 5.74) is 6.10. The van der Waals surface area contributed by atoms with Gasteiger partial charge in [0.1, 0.15) is 0 Å². The molecule has 0 saturated carbocycles. The first-order valence-electron chi connectivity index (χ1n) is 5.83. The summed E-state index contributed by atoms with van der Waals surface area (Å²) in [6.45, 7) is 1.80. The molecule has 18 heavy (non-hydrogen) atoms. The molecule has 0 saturated heterocycles. The highest BCUT2D eigenvalue weighted by molar-refractivity contribution is 5.84. The molecule has 4 N–H and O–H groups in total. The van der Waals surface area contributed by atoms with Crippen molar-refractivity contribution in [2.75, 3.05) is 0 Å². The third-order valence-electron chi connectivity index (χ3n) is 2.51. The molecule has 2 atom stereocenters. The summed E-state index contributed by atoms with van der Waals surface area (Å²) in [6, 6.07) is 7.52. The minimum absolute atomic E-state index is 0.0734. The summed E-state index contributed by atoms with van der Waals surface area (Å²) in [5.74, 6) is -1.38. The highest BCUT2D eigenvalue weighted by atomic mass is 16.4. The van der Waals surface area contributed by atoms with Crippen molar-refractivity contribution in [3.05, 3.63) is 35.9 Å². The van der Waals surface area contributed by atoms with Gasteiger partial charge in [-0.15, -0.1) is 0 Å². The number of carboxylic acids is 1. The van der Waals surface area contributed by atoms with Crippen molar-refractivity contribution >= 4 is 11.9 Å². The Bertz CT molecular complexity index is 404. The van der Waals surface area contributed by atoms with Crippen molar-refractivity contribution in [3.63, 3.8) is 0 Å². The standard InChI is InChI=1S/C13H18N2O3/c1-9(14)7-8-11(16)15-12(13(17)18)10-5-3-2-4-6-10/h2-6,9,12H,7-8,14H2,1H3,(H,15,16)(H,17,18)/t9?,12-/m1/s1. The lowest BCUT2D eigenvalue weighted by Crippen LogP contribution is -2.34. The minimum atomic E-state index is -1.07. The smallest absolute Gasteiger partial charge is 0.330 e. The number of carbonyl (C=O) groups is 2. The summed E-state index contributed by atoms with van der Waals surface area (Å²) in [5, 5.41) is 11.6. The third-order valence-corrected chi connectivity index (χ3v) is 2.51. The van der Waals surface area contributed by atoms with Crippen molar-refractivity contribution in [2.45, 2.75) is 31.8 Å². The van der Waals surface area contributed by atoms with Crippen LogP contribution in [0.3, 0.4) is 0 Å². The highest BCUT2D eigenvalue weighted by Crippen LogP contribution is 2.13. The fourth-order valence-electron chi connectivity index (χ4n) is 1.53. The number of rotatable bonds is 6. The fraction of sp³-hybridized carbons (Fsp3) is 0.385. The van der Waals surface area contributed by atoms with Crippen LogP contribution >= 0.6 is 0 Å². The number of carboxylic acid groups (broad SMARTS) is 1. The molecular weight excluding hydrogens is 232 g/mol. The number of aliphatic carboxylic acids is 1. The summed E-state index contributed by atoms with van der Waals surface area (Å²) in [6.07, 6.45) is 0.765. The maximum atomic E-state index is 11.6. The first kappa shape index (κ1) is 14.2. The van der Waals surface area contributed by atoms with Gasteiger partial charge in [0, 0.05) is 12.5 Å². The number of carbonyl (C=O) groups excluding carboxylic acids is 1. The van der Waals surface area contributed by atoms with Crippen molar-refractivity contribution < 1.29 is 14.7 Å². The number of hydrogen-bond acceptors (Lipinski definition) is 3. The molecule has 0 aromatic heterocycles. The van der Waals surface area contributed by atoms with Gasteiger partial charge in [-0.25, -0.2) is 4.79 Å². The zero-order valence-electron chi connectivity index (χ0n) is 10.3. The van der Waals surface area contributed by atoms with E-state index in [0.29, 0.717) is 12.0 Å². The highest BCUT2D eigenvalue weighted by Gasteiger charge is 2.21. The van der Waals surface area contributed by atoms with Gasteiger partial charge in [-0.2, -0.15) is 0 Å². The summed E-state index contributed by atoms with van der Waals surface area (Å²) >= 11 is 0. The molecule has 0 aliphatic heterocycles. The van der Waals surface area contributed by atoms with Crippen LogP contribution < -0.4 is 11.1 Å². The SMILES string of the molecule is CC(N)CCC(=O)N[C@@H](C(=O)O)c1ccccc1. The van der Waals surface area contributed by atoms with Crippen LogP contribution in [0.5, 0.6) is 0 Å². The average molecular weight is 250 g/mol. The van der Waals surface area contributed by atoms with E-state index in [1.807, 2.05) is 0 Å². The molecule has 1 amide bonds. The molecule has 98 valence electrons. The Morgan fingerprint density at radius 2 is 1.94 bits per heavy atom. The summed E-state index contributed by atoms with van der Waals surface area (Å²) in [4.78, 5) is 22.7. The molecule has 0 fully saturated rings. The van der Waals surface area contributed by atoms with Gasteiger partial charge in [0.25, 0.3) is 0 Å². The van der Waals surface area contributed by atoms with Crippen molar-refractivity contribution in [3.8, 4) is 0 Å². The van der Waals surface area contributed by atoms with E-state index in [4.69, 9.17) is 10.8 Å². The van der Waals surface area contributed by atoms with Crippen LogP contribution in [0.15, 0.2) is 30.3 Å². The van der Waals surface area contributed by atoms with Gasteiger partial charge in [-0.1, -0.05) is 30.3 Å². The van der Waals surface area contributed by atoms with E-state index in [0.717, 1.165) is 0 Å². The van der Waals surface area contributed by atoms with E-state index < -0.39 is 12.0 Å². The van der Waals surface area contributed by atoms with Gasteiger partial charge in [0.15, 0.2) is 6.04 Å². The Balaban J connectivity index is 2.65. The molecule has 0 radical (unpaired) electrons. The Labute approximate surface area is 106 Å². The van der Waals surface area contributed by atoms with E-state index in [-0.39, 0.29) is 18.4 Å². The first-order valence-corrected chi connectivity index (χ1v) is 5.83. The normalized spacial score (nSPS) is 13.7. The topological polar surface area (TPSA) is 92.4 Å². The van der Waals surface area contributed by atoms with E-state index >= 15 is 0 Å². The van der Waals surface area contributed by atoms with Crippen LogP contribution in [0.25, 0.3) is 0 Å². The van der Waals surface area contributed by atoms with Gasteiger partial charge in [0.2, 0.25) is 5.91 Å². The van der Waals surface area contributed by atoms with Crippen LogP contribution in [-0.4, -0.2) is 23.0 Å². The zero-order chi connectivity index (χ0) is 13.5. The Kier molecular flexibility index (Phi) is 5.32. The lowest BCUT2D eigenvalue weighted by Gasteiger charge is -2.15. The Morgan fingerprint density at radius 1 is 1.33 bits per heavy atom. The van der Waals surface area contributed by atoms with E-state index in [1.165, 1.54) is 0 Å². The van der Waals surface area contributed by atoms with Crippen LogP contribution in [0.4, 0.5) is 0 Å². The largest absolute Gasteiger partial charge is 0.479 e. The predicted octanol–water partition coefficient (Wildman–Crippen LogP) is 1.06. The first-order chi connectivity index (χ1) is 8.50. The number of nitrogens with two attached hydrogens (primary N) is 1. The van der Waals surface area contributed by atoms with Crippen molar-refractivity contribution in [2.24, 2.45) is 5.73 Å². The lowest BCUT2D eigenvalue weighted by molar-refractivity contribution is -0.142. The van der Waals surface area contributed by atoms with Gasteiger partial charge in [-0.3, -0.25) is 4.79 Å². The molecule has 0 bridgehead atoms. The molecule has 1 rings (SSSR count).